The Hall–Kier alpha value is -1.31. The molecule has 0 radical (unpaired) electrons. The van der Waals surface area contributed by atoms with Gasteiger partial charge in [0.1, 0.15) is 0 Å². The first kappa shape index (κ1) is 12.8. The van der Waals surface area contributed by atoms with Crippen LogP contribution in [0, 0.1) is 0 Å². The lowest BCUT2D eigenvalue weighted by molar-refractivity contribution is 0.767. The molecule has 0 bridgehead atoms. The minimum atomic E-state index is 1.11. The SMILES string of the molecule is CC/C(C)=C(C)/C(C)=C(\C)c1cnn(C)c1. The van der Waals surface area contributed by atoms with Gasteiger partial charge in [0, 0.05) is 18.8 Å². The van der Waals surface area contributed by atoms with Gasteiger partial charge in [-0.15, -0.1) is 0 Å². The molecule has 1 heterocycles. The number of nitrogens with zero attached hydrogens (tertiary/aromatic N) is 2. The Morgan fingerprint density at radius 3 is 2.25 bits per heavy atom. The topological polar surface area (TPSA) is 17.8 Å². The first-order valence-electron chi connectivity index (χ1n) is 5.80. The number of rotatable bonds is 3. The summed E-state index contributed by atoms with van der Waals surface area (Å²) in [5, 5.41) is 4.21. The van der Waals surface area contributed by atoms with E-state index in [-0.39, 0.29) is 0 Å². The average Bonchev–Trinajstić information content (AvgIpc) is 2.71. The molecule has 88 valence electrons. The van der Waals surface area contributed by atoms with Crippen LogP contribution in [0.4, 0.5) is 0 Å². The second-order valence-electron chi connectivity index (χ2n) is 4.41. The standard InChI is InChI=1S/C14H22N2/c1-7-10(2)11(3)12(4)13(5)14-8-15-16(6)9-14/h8-9H,7H2,1-6H3/b11-10+,13-12+. The highest BCUT2D eigenvalue weighted by atomic mass is 15.2. The van der Waals surface area contributed by atoms with Gasteiger partial charge < -0.3 is 0 Å². The Morgan fingerprint density at radius 2 is 1.81 bits per heavy atom. The van der Waals surface area contributed by atoms with Crippen LogP contribution in [0.2, 0.25) is 0 Å². The van der Waals surface area contributed by atoms with Gasteiger partial charge in [0.2, 0.25) is 0 Å². The van der Waals surface area contributed by atoms with Crippen LogP contribution in [-0.2, 0) is 7.05 Å². The molecule has 0 saturated heterocycles. The predicted octanol–water partition coefficient (Wildman–Crippen LogP) is 3.96. The van der Waals surface area contributed by atoms with Gasteiger partial charge in [0.05, 0.1) is 6.20 Å². The van der Waals surface area contributed by atoms with Crippen molar-refractivity contribution in [1.82, 2.24) is 9.78 Å². The molecule has 2 heteroatoms. The Morgan fingerprint density at radius 1 is 1.19 bits per heavy atom. The van der Waals surface area contributed by atoms with E-state index in [4.69, 9.17) is 0 Å². The van der Waals surface area contributed by atoms with E-state index in [1.54, 1.807) is 0 Å². The van der Waals surface area contributed by atoms with Gasteiger partial charge in [0.15, 0.2) is 0 Å². The molecule has 1 aromatic rings. The zero-order valence-electron chi connectivity index (χ0n) is 11.3. The van der Waals surface area contributed by atoms with Crippen molar-refractivity contribution in [2.45, 2.75) is 41.0 Å². The quantitative estimate of drug-likeness (QED) is 0.702. The summed E-state index contributed by atoms with van der Waals surface area (Å²) in [4.78, 5) is 0. The van der Waals surface area contributed by atoms with E-state index >= 15 is 0 Å². The molecule has 0 spiro atoms. The Bertz CT molecular complexity index is 433. The second kappa shape index (κ2) is 5.15. The molecule has 0 aliphatic heterocycles. The number of hydrogen-bond acceptors (Lipinski definition) is 1. The predicted molar refractivity (Wildman–Crippen MR) is 70.1 cm³/mol. The highest BCUT2D eigenvalue weighted by Crippen LogP contribution is 2.25. The molecule has 1 rings (SSSR count). The van der Waals surface area contributed by atoms with Gasteiger partial charge in [-0.2, -0.15) is 5.10 Å². The van der Waals surface area contributed by atoms with Crippen molar-refractivity contribution < 1.29 is 0 Å². The van der Waals surface area contributed by atoms with E-state index in [1.165, 1.54) is 27.9 Å². The van der Waals surface area contributed by atoms with E-state index in [1.807, 2.05) is 17.9 Å². The zero-order chi connectivity index (χ0) is 12.3. The Labute approximate surface area is 98.7 Å². The number of hydrogen-bond donors (Lipinski definition) is 0. The third-order valence-electron chi connectivity index (χ3n) is 3.43. The molecule has 0 aliphatic rings. The first-order chi connectivity index (χ1) is 7.47. The minimum Gasteiger partial charge on any atom is -0.275 e. The van der Waals surface area contributed by atoms with E-state index in [2.05, 4.69) is 45.9 Å². The molecule has 1 aromatic heterocycles. The van der Waals surface area contributed by atoms with E-state index < -0.39 is 0 Å². The summed E-state index contributed by atoms with van der Waals surface area (Å²) in [6, 6.07) is 0. The molecular formula is C14H22N2. The van der Waals surface area contributed by atoms with E-state index in [0.29, 0.717) is 0 Å². The van der Waals surface area contributed by atoms with Crippen molar-refractivity contribution in [3.8, 4) is 0 Å². The first-order valence-corrected chi connectivity index (χ1v) is 5.80. The third-order valence-corrected chi connectivity index (χ3v) is 3.43. The largest absolute Gasteiger partial charge is 0.275 e. The van der Waals surface area contributed by atoms with E-state index in [9.17, 15) is 0 Å². The summed E-state index contributed by atoms with van der Waals surface area (Å²) in [7, 11) is 1.95. The average molecular weight is 218 g/mol. The van der Waals surface area contributed by atoms with Crippen LogP contribution in [0.5, 0.6) is 0 Å². The second-order valence-corrected chi connectivity index (χ2v) is 4.41. The van der Waals surface area contributed by atoms with Crippen LogP contribution in [0.1, 0.15) is 46.6 Å². The maximum absolute atomic E-state index is 4.21. The van der Waals surface area contributed by atoms with Crippen LogP contribution in [0.25, 0.3) is 5.57 Å². The number of allylic oxidation sites excluding steroid dienone is 4. The molecule has 0 fully saturated rings. The van der Waals surface area contributed by atoms with Crippen molar-refractivity contribution in [1.29, 1.82) is 0 Å². The lowest BCUT2D eigenvalue weighted by Crippen LogP contribution is -1.90. The van der Waals surface area contributed by atoms with Crippen molar-refractivity contribution in [2.75, 3.05) is 0 Å². The summed E-state index contributed by atoms with van der Waals surface area (Å²) < 4.78 is 1.85. The molecule has 0 aromatic carbocycles. The summed E-state index contributed by atoms with van der Waals surface area (Å²) in [6.45, 7) is 11.0. The number of aryl methyl sites for hydroxylation is 1. The molecule has 0 N–H and O–H groups in total. The Balaban J connectivity index is 3.15. The maximum atomic E-state index is 4.21. The summed E-state index contributed by atoms with van der Waals surface area (Å²) in [5.74, 6) is 0. The van der Waals surface area contributed by atoms with Crippen molar-refractivity contribution in [3.05, 3.63) is 34.7 Å². The highest BCUT2D eigenvalue weighted by Gasteiger charge is 2.05. The van der Waals surface area contributed by atoms with Gasteiger partial charge in [-0.3, -0.25) is 4.68 Å². The summed E-state index contributed by atoms with van der Waals surface area (Å²) in [6.07, 6.45) is 5.10. The highest BCUT2D eigenvalue weighted by molar-refractivity contribution is 5.69. The Kier molecular flexibility index (Phi) is 4.11. The molecule has 16 heavy (non-hydrogen) atoms. The zero-order valence-corrected chi connectivity index (χ0v) is 11.3. The van der Waals surface area contributed by atoms with Crippen molar-refractivity contribution >= 4 is 5.57 Å². The van der Waals surface area contributed by atoms with Gasteiger partial charge in [-0.05, 0) is 50.8 Å². The van der Waals surface area contributed by atoms with Crippen LogP contribution < -0.4 is 0 Å². The van der Waals surface area contributed by atoms with Gasteiger partial charge in [-0.25, -0.2) is 0 Å². The van der Waals surface area contributed by atoms with Crippen LogP contribution in [0.3, 0.4) is 0 Å². The van der Waals surface area contributed by atoms with Gasteiger partial charge in [0.25, 0.3) is 0 Å². The minimum absolute atomic E-state index is 1.11. The lowest BCUT2D eigenvalue weighted by atomic mass is 9.96. The lowest BCUT2D eigenvalue weighted by Gasteiger charge is -2.10. The van der Waals surface area contributed by atoms with Gasteiger partial charge >= 0.3 is 0 Å². The van der Waals surface area contributed by atoms with Crippen molar-refractivity contribution in [3.63, 3.8) is 0 Å². The van der Waals surface area contributed by atoms with Crippen molar-refractivity contribution in [2.24, 2.45) is 7.05 Å². The normalized spacial score (nSPS) is 14.6. The van der Waals surface area contributed by atoms with Gasteiger partial charge in [-0.1, -0.05) is 12.5 Å². The molecule has 0 amide bonds. The molecule has 0 unspecified atom stereocenters. The van der Waals surface area contributed by atoms with E-state index in [0.717, 1.165) is 6.42 Å². The third kappa shape index (κ3) is 2.63. The molecule has 2 nitrogen and oxygen atoms in total. The molecule has 0 aliphatic carbocycles. The monoisotopic (exact) mass is 218 g/mol. The maximum Gasteiger partial charge on any atom is 0.0564 e. The van der Waals surface area contributed by atoms with Crippen LogP contribution in [0.15, 0.2) is 29.1 Å². The molecule has 0 saturated carbocycles. The van der Waals surface area contributed by atoms with Crippen LogP contribution >= 0.6 is 0 Å². The summed E-state index contributed by atoms with van der Waals surface area (Å²) in [5.41, 5.74) is 6.76. The number of aromatic nitrogens is 2. The molecular weight excluding hydrogens is 196 g/mol. The fourth-order valence-corrected chi connectivity index (χ4v) is 1.70. The summed E-state index contributed by atoms with van der Waals surface area (Å²) >= 11 is 0. The fraction of sp³-hybridized carbons (Fsp3) is 0.500. The molecule has 0 atom stereocenters. The smallest absolute Gasteiger partial charge is 0.0564 e. The van der Waals surface area contributed by atoms with Crippen LogP contribution in [-0.4, -0.2) is 9.78 Å². The fourth-order valence-electron chi connectivity index (χ4n) is 1.70.